The van der Waals surface area contributed by atoms with Crippen molar-refractivity contribution in [1.29, 1.82) is 0 Å². The molecule has 1 unspecified atom stereocenters. The van der Waals surface area contributed by atoms with E-state index in [4.69, 9.17) is 0 Å². The summed E-state index contributed by atoms with van der Waals surface area (Å²) in [6.45, 7) is 7.32. The number of likely N-dealkylation sites (N-methyl/N-ethyl adjacent to an activating group) is 1. The Hall–Kier alpha value is -1.13. The minimum absolute atomic E-state index is 0.177. The van der Waals surface area contributed by atoms with Crippen LogP contribution in [0.5, 0.6) is 0 Å². The molecule has 0 aliphatic carbocycles. The zero-order chi connectivity index (χ0) is 13.0. The van der Waals surface area contributed by atoms with Gasteiger partial charge in [-0.2, -0.15) is 0 Å². The van der Waals surface area contributed by atoms with E-state index in [2.05, 4.69) is 29.1 Å². The normalized spacial score (nSPS) is 22.1. The third kappa shape index (κ3) is 3.43. The van der Waals surface area contributed by atoms with Gasteiger partial charge >= 0.3 is 0 Å². The van der Waals surface area contributed by atoms with E-state index in [0.717, 1.165) is 32.7 Å². The molecule has 0 saturated carbocycles. The lowest BCUT2D eigenvalue weighted by molar-refractivity contribution is 0.104. The molecule has 1 N–H and O–H groups in total. The number of hydrogen-bond acceptors (Lipinski definition) is 3. The van der Waals surface area contributed by atoms with Crippen LogP contribution in [0.25, 0.3) is 0 Å². The van der Waals surface area contributed by atoms with Gasteiger partial charge in [0.25, 0.3) is 0 Å². The summed E-state index contributed by atoms with van der Waals surface area (Å²) in [5, 5.41) is 3.16. The molecule has 1 saturated heterocycles. The first kappa shape index (κ1) is 13.3. The summed E-state index contributed by atoms with van der Waals surface area (Å²) in [4.78, 5) is 4.80. The van der Waals surface area contributed by atoms with Crippen molar-refractivity contribution < 1.29 is 4.39 Å². The quantitative estimate of drug-likeness (QED) is 0.881. The van der Waals surface area contributed by atoms with Crippen molar-refractivity contribution in [1.82, 2.24) is 9.80 Å². The summed E-state index contributed by atoms with van der Waals surface area (Å²) in [6.07, 6.45) is 0. The van der Waals surface area contributed by atoms with Gasteiger partial charge in [-0.3, -0.25) is 4.90 Å². The van der Waals surface area contributed by atoms with Gasteiger partial charge in [0.15, 0.2) is 0 Å². The van der Waals surface area contributed by atoms with Crippen molar-refractivity contribution in [3.8, 4) is 0 Å². The lowest BCUT2D eigenvalue weighted by Crippen LogP contribution is -2.51. The van der Waals surface area contributed by atoms with E-state index in [-0.39, 0.29) is 5.82 Å². The minimum Gasteiger partial charge on any atom is -0.381 e. The zero-order valence-electron chi connectivity index (χ0n) is 11.2. The average molecular weight is 251 g/mol. The number of rotatable bonds is 4. The van der Waals surface area contributed by atoms with Crippen LogP contribution in [0.15, 0.2) is 24.3 Å². The smallest absolute Gasteiger partial charge is 0.146 e. The Balaban J connectivity index is 1.77. The number of piperazine rings is 1. The van der Waals surface area contributed by atoms with Crippen LogP contribution in [0, 0.1) is 5.82 Å². The van der Waals surface area contributed by atoms with Crippen LogP contribution in [-0.2, 0) is 0 Å². The molecule has 18 heavy (non-hydrogen) atoms. The maximum atomic E-state index is 13.4. The van der Waals surface area contributed by atoms with E-state index in [0.29, 0.717) is 11.7 Å². The zero-order valence-corrected chi connectivity index (χ0v) is 11.2. The molecule has 1 heterocycles. The third-order valence-corrected chi connectivity index (χ3v) is 3.56. The molecule has 100 valence electrons. The number of benzene rings is 1. The molecule has 3 nitrogen and oxygen atoms in total. The lowest BCUT2D eigenvalue weighted by atomic mass is 10.2. The van der Waals surface area contributed by atoms with E-state index in [1.807, 2.05) is 6.07 Å². The van der Waals surface area contributed by atoms with Crippen molar-refractivity contribution in [2.24, 2.45) is 0 Å². The minimum atomic E-state index is -0.177. The van der Waals surface area contributed by atoms with Crippen LogP contribution >= 0.6 is 0 Å². The van der Waals surface area contributed by atoms with Gasteiger partial charge in [0.1, 0.15) is 5.82 Å². The van der Waals surface area contributed by atoms with Gasteiger partial charge in [0.05, 0.1) is 5.69 Å². The number of nitrogens with one attached hydrogen (secondary N) is 1. The lowest BCUT2D eigenvalue weighted by Gasteiger charge is -2.38. The van der Waals surface area contributed by atoms with Crippen molar-refractivity contribution in [2.75, 3.05) is 45.1 Å². The molecule has 1 fully saturated rings. The van der Waals surface area contributed by atoms with Gasteiger partial charge in [0, 0.05) is 38.8 Å². The predicted molar refractivity (Wildman–Crippen MR) is 73.4 cm³/mol. The van der Waals surface area contributed by atoms with E-state index in [1.54, 1.807) is 12.1 Å². The topological polar surface area (TPSA) is 18.5 Å². The molecule has 0 bridgehead atoms. The summed E-state index contributed by atoms with van der Waals surface area (Å²) in [5.41, 5.74) is 0.597. The average Bonchev–Trinajstić information content (AvgIpc) is 2.34. The standard InChI is InChI=1S/C14H22FN3/c1-12-11-17(2)9-10-18(12)8-7-16-14-6-4-3-5-13(14)15/h3-6,12,16H,7-11H2,1-2H3. The van der Waals surface area contributed by atoms with Gasteiger partial charge < -0.3 is 10.2 Å². The second-order valence-electron chi connectivity index (χ2n) is 5.05. The fourth-order valence-corrected chi connectivity index (χ4v) is 2.45. The van der Waals surface area contributed by atoms with E-state index < -0.39 is 0 Å². The van der Waals surface area contributed by atoms with Crippen molar-refractivity contribution in [2.45, 2.75) is 13.0 Å². The first-order valence-corrected chi connectivity index (χ1v) is 6.58. The highest BCUT2D eigenvalue weighted by Crippen LogP contribution is 2.12. The summed E-state index contributed by atoms with van der Waals surface area (Å²) in [7, 11) is 2.16. The van der Waals surface area contributed by atoms with Crippen LogP contribution in [0.1, 0.15) is 6.92 Å². The molecule has 0 amide bonds. The molecule has 4 heteroatoms. The molecule has 2 rings (SSSR count). The molecular weight excluding hydrogens is 229 g/mol. The Morgan fingerprint density at radius 3 is 2.83 bits per heavy atom. The van der Waals surface area contributed by atoms with E-state index in [9.17, 15) is 4.39 Å². The fraction of sp³-hybridized carbons (Fsp3) is 0.571. The second-order valence-corrected chi connectivity index (χ2v) is 5.05. The number of hydrogen-bond donors (Lipinski definition) is 1. The molecular formula is C14H22FN3. The summed E-state index contributed by atoms with van der Waals surface area (Å²) in [6, 6.07) is 7.41. The Morgan fingerprint density at radius 2 is 2.11 bits per heavy atom. The SMILES string of the molecule is CC1CN(C)CCN1CCNc1ccccc1F. The van der Waals surface area contributed by atoms with Crippen molar-refractivity contribution in [3.05, 3.63) is 30.1 Å². The molecule has 1 aliphatic rings. The first-order valence-electron chi connectivity index (χ1n) is 6.58. The molecule has 0 aromatic heterocycles. The Morgan fingerprint density at radius 1 is 1.33 bits per heavy atom. The van der Waals surface area contributed by atoms with Crippen LogP contribution in [0.4, 0.5) is 10.1 Å². The molecule has 0 spiro atoms. The number of para-hydroxylation sites is 1. The highest BCUT2D eigenvalue weighted by Gasteiger charge is 2.20. The van der Waals surface area contributed by atoms with Gasteiger partial charge in [-0.15, -0.1) is 0 Å². The van der Waals surface area contributed by atoms with Gasteiger partial charge in [0.2, 0.25) is 0 Å². The van der Waals surface area contributed by atoms with Gasteiger partial charge in [-0.05, 0) is 26.1 Å². The van der Waals surface area contributed by atoms with Crippen molar-refractivity contribution in [3.63, 3.8) is 0 Å². The van der Waals surface area contributed by atoms with Gasteiger partial charge in [-0.25, -0.2) is 4.39 Å². The highest BCUT2D eigenvalue weighted by atomic mass is 19.1. The number of halogens is 1. The summed E-state index contributed by atoms with van der Waals surface area (Å²) < 4.78 is 13.4. The summed E-state index contributed by atoms with van der Waals surface area (Å²) >= 11 is 0. The second kappa shape index (κ2) is 6.16. The Bertz CT molecular complexity index is 383. The van der Waals surface area contributed by atoms with Crippen molar-refractivity contribution >= 4 is 5.69 Å². The maximum Gasteiger partial charge on any atom is 0.146 e. The number of nitrogens with zero attached hydrogens (tertiary/aromatic N) is 2. The van der Waals surface area contributed by atoms with Crippen LogP contribution in [-0.4, -0.2) is 55.6 Å². The molecule has 1 aliphatic heterocycles. The maximum absolute atomic E-state index is 13.4. The van der Waals surface area contributed by atoms with E-state index in [1.165, 1.54) is 6.07 Å². The number of anilines is 1. The third-order valence-electron chi connectivity index (χ3n) is 3.56. The first-order chi connectivity index (χ1) is 8.66. The van der Waals surface area contributed by atoms with Crippen LogP contribution in [0.3, 0.4) is 0 Å². The Kier molecular flexibility index (Phi) is 4.55. The van der Waals surface area contributed by atoms with Crippen LogP contribution in [0.2, 0.25) is 0 Å². The predicted octanol–water partition coefficient (Wildman–Crippen LogP) is 1.87. The van der Waals surface area contributed by atoms with Crippen LogP contribution < -0.4 is 5.32 Å². The van der Waals surface area contributed by atoms with E-state index >= 15 is 0 Å². The highest BCUT2D eigenvalue weighted by molar-refractivity contribution is 5.44. The molecule has 1 atom stereocenters. The molecule has 1 aromatic rings. The largest absolute Gasteiger partial charge is 0.381 e. The monoisotopic (exact) mass is 251 g/mol. The fourth-order valence-electron chi connectivity index (χ4n) is 2.45. The Labute approximate surface area is 109 Å². The molecule has 0 radical (unpaired) electrons. The summed E-state index contributed by atoms with van der Waals surface area (Å²) in [5.74, 6) is -0.177. The molecule has 1 aromatic carbocycles. The van der Waals surface area contributed by atoms with Gasteiger partial charge in [-0.1, -0.05) is 12.1 Å².